The van der Waals surface area contributed by atoms with Crippen LogP contribution in [0.15, 0.2) is 28.8 Å². The summed E-state index contributed by atoms with van der Waals surface area (Å²) in [5.41, 5.74) is 1.96. The second kappa shape index (κ2) is 6.07. The Kier molecular flexibility index (Phi) is 4.09. The summed E-state index contributed by atoms with van der Waals surface area (Å²) in [5.74, 6) is 0.574. The zero-order chi connectivity index (χ0) is 17.4. The first-order valence-corrected chi connectivity index (χ1v) is 7.85. The van der Waals surface area contributed by atoms with Crippen molar-refractivity contribution >= 4 is 11.8 Å². The lowest BCUT2D eigenvalue weighted by molar-refractivity contribution is -0.159. The first-order valence-electron chi connectivity index (χ1n) is 7.85. The summed E-state index contributed by atoms with van der Waals surface area (Å²) in [5, 5.41) is 3.94. The molecule has 1 aliphatic rings. The van der Waals surface area contributed by atoms with E-state index in [9.17, 15) is 9.59 Å². The van der Waals surface area contributed by atoms with Crippen molar-refractivity contribution in [3.8, 4) is 11.5 Å². The molecule has 1 aromatic heterocycles. The lowest BCUT2D eigenvalue weighted by Gasteiger charge is -2.40. The van der Waals surface area contributed by atoms with Gasteiger partial charge in [-0.1, -0.05) is 22.9 Å². The highest BCUT2D eigenvalue weighted by molar-refractivity contribution is 5.96. The van der Waals surface area contributed by atoms with Gasteiger partial charge in [-0.2, -0.15) is 4.98 Å². The van der Waals surface area contributed by atoms with E-state index in [0.29, 0.717) is 11.7 Å². The maximum atomic E-state index is 12.5. The quantitative estimate of drug-likeness (QED) is 0.855. The van der Waals surface area contributed by atoms with Crippen LogP contribution in [0.4, 0.5) is 0 Å². The molecule has 0 bridgehead atoms. The molecule has 3 rings (SSSR count). The van der Waals surface area contributed by atoms with Crippen LogP contribution in [-0.2, 0) is 16.1 Å². The molecule has 0 unspecified atom stereocenters. The molecule has 2 aromatic rings. The number of aryl methyl sites for hydroxylation is 1. The maximum absolute atomic E-state index is 12.5. The van der Waals surface area contributed by atoms with Crippen LogP contribution >= 0.6 is 0 Å². The second-order valence-corrected chi connectivity index (χ2v) is 6.15. The van der Waals surface area contributed by atoms with Gasteiger partial charge in [0.1, 0.15) is 12.1 Å². The first kappa shape index (κ1) is 16.2. The number of rotatable bonds is 3. The Balaban J connectivity index is 1.80. The topological polar surface area (TPSA) is 79.5 Å². The zero-order valence-electron chi connectivity index (χ0n) is 14.2. The average Bonchev–Trinajstić information content (AvgIpc) is 3.04. The third kappa shape index (κ3) is 2.77. The fourth-order valence-corrected chi connectivity index (χ4v) is 2.71. The Morgan fingerprint density at radius 1 is 1.08 bits per heavy atom. The van der Waals surface area contributed by atoms with Gasteiger partial charge in [-0.05, 0) is 32.9 Å². The van der Waals surface area contributed by atoms with Crippen LogP contribution in [0.25, 0.3) is 11.5 Å². The van der Waals surface area contributed by atoms with Crippen molar-refractivity contribution in [2.24, 2.45) is 0 Å². The summed E-state index contributed by atoms with van der Waals surface area (Å²) in [6.45, 7) is 5.58. The predicted octanol–water partition coefficient (Wildman–Crippen LogP) is 1.62. The molecule has 1 aromatic carbocycles. The molecule has 0 aliphatic carbocycles. The maximum Gasteiger partial charge on any atom is 0.257 e. The number of hydrogen-bond acceptors (Lipinski definition) is 5. The first-order chi connectivity index (χ1) is 11.4. The number of hydrogen-bond donors (Lipinski definition) is 0. The highest BCUT2D eigenvalue weighted by atomic mass is 16.5. The van der Waals surface area contributed by atoms with Crippen molar-refractivity contribution in [2.75, 3.05) is 7.05 Å². The highest BCUT2D eigenvalue weighted by Gasteiger charge is 2.40. The molecule has 24 heavy (non-hydrogen) atoms. The van der Waals surface area contributed by atoms with E-state index in [4.69, 9.17) is 4.52 Å². The Morgan fingerprint density at radius 2 is 1.75 bits per heavy atom. The summed E-state index contributed by atoms with van der Waals surface area (Å²) in [4.78, 5) is 32.0. The lowest BCUT2D eigenvalue weighted by atomic mass is 10.1. The van der Waals surface area contributed by atoms with Crippen LogP contribution < -0.4 is 0 Å². The third-order valence-corrected chi connectivity index (χ3v) is 4.47. The number of nitrogens with zero attached hydrogens (tertiary/aromatic N) is 4. The Bertz CT molecular complexity index is 768. The molecule has 1 fully saturated rings. The second-order valence-electron chi connectivity index (χ2n) is 6.15. The molecular formula is C17H20N4O3. The van der Waals surface area contributed by atoms with E-state index in [2.05, 4.69) is 10.1 Å². The van der Waals surface area contributed by atoms with Crippen molar-refractivity contribution < 1.29 is 14.1 Å². The van der Waals surface area contributed by atoms with Crippen molar-refractivity contribution in [1.82, 2.24) is 19.9 Å². The van der Waals surface area contributed by atoms with Gasteiger partial charge in [0, 0.05) is 12.6 Å². The van der Waals surface area contributed by atoms with Gasteiger partial charge in [0.15, 0.2) is 5.82 Å². The number of piperazine rings is 1. The highest BCUT2D eigenvalue weighted by Crippen LogP contribution is 2.21. The number of carbonyl (C=O) groups is 2. The van der Waals surface area contributed by atoms with Gasteiger partial charge in [-0.3, -0.25) is 9.59 Å². The largest absolute Gasteiger partial charge is 0.334 e. The minimum absolute atomic E-state index is 0.0932. The summed E-state index contributed by atoms with van der Waals surface area (Å²) in [6, 6.07) is 6.71. The van der Waals surface area contributed by atoms with E-state index in [1.165, 1.54) is 9.80 Å². The molecule has 1 aliphatic heterocycles. The molecule has 2 amide bonds. The molecule has 126 valence electrons. The molecule has 2 atom stereocenters. The smallest absolute Gasteiger partial charge is 0.257 e. The summed E-state index contributed by atoms with van der Waals surface area (Å²) in [6.07, 6.45) is 0. The molecule has 0 saturated carbocycles. The third-order valence-electron chi connectivity index (χ3n) is 4.47. The molecule has 0 radical (unpaired) electrons. The van der Waals surface area contributed by atoms with Gasteiger partial charge in [-0.15, -0.1) is 0 Å². The molecule has 7 heteroatoms. The Labute approximate surface area is 140 Å². The fraction of sp³-hybridized carbons (Fsp3) is 0.412. The van der Waals surface area contributed by atoms with E-state index in [1.54, 1.807) is 20.9 Å². The van der Waals surface area contributed by atoms with Gasteiger partial charge in [0.2, 0.25) is 11.8 Å². The lowest BCUT2D eigenvalue weighted by Crippen LogP contribution is -2.61. The van der Waals surface area contributed by atoms with Gasteiger partial charge < -0.3 is 14.3 Å². The number of likely N-dealkylation sites (N-methyl/N-ethyl adjacent to an activating group) is 1. The molecule has 0 N–H and O–H groups in total. The van der Waals surface area contributed by atoms with Crippen molar-refractivity contribution in [3.63, 3.8) is 0 Å². The molecule has 7 nitrogen and oxygen atoms in total. The van der Waals surface area contributed by atoms with Crippen molar-refractivity contribution in [1.29, 1.82) is 0 Å². The van der Waals surface area contributed by atoms with E-state index in [-0.39, 0.29) is 18.4 Å². The van der Waals surface area contributed by atoms with Gasteiger partial charge in [0.25, 0.3) is 5.89 Å². The van der Waals surface area contributed by atoms with Crippen LogP contribution in [0.5, 0.6) is 0 Å². The molecule has 1 saturated heterocycles. The Morgan fingerprint density at radius 3 is 2.42 bits per heavy atom. The van der Waals surface area contributed by atoms with Gasteiger partial charge in [0.05, 0.1) is 6.54 Å². The van der Waals surface area contributed by atoms with E-state index < -0.39 is 12.1 Å². The van der Waals surface area contributed by atoms with Crippen LogP contribution in [0.3, 0.4) is 0 Å². The number of carbonyl (C=O) groups excluding carboxylic acids is 2. The summed E-state index contributed by atoms with van der Waals surface area (Å²) >= 11 is 0. The normalized spacial score (nSPS) is 21.5. The van der Waals surface area contributed by atoms with E-state index >= 15 is 0 Å². The number of amides is 2. The van der Waals surface area contributed by atoms with E-state index in [0.717, 1.165) is 11.1 Å². The molecule has 0 spiro atoms. The van der Waals surface area contributed by atoms with Crippen LogP contribution in [-0.4, -0.2) is 50.9 Å². The van der Waals surface area contributed by atoms with Crippen molar-refractivity contribution in [3.05, 3.63) is 35.7 Å². The molecule has 2 heterocycles. The minimum Gasteiger partial charge on any atom is -0.334 e. The summed E-state index contributed by atoms with van der Waals surface area (Å²) < 4.78 is 5.28. The summed E-state index contributed by atoms with van der Waals surface area (Å²) in [7, 11) is 1.64. The van der Waals surface area contributed by atoms with E-state index in [1.807, 2.05) is 31.2 Å². The SMILES string of the molecule is Cc1ccc(-c2nc(CN3C(=O)[C@H](C)N(C)C(=O)[C@@H]3C)no2)cc1. The number of benzene rings is 1. The van der Waals surface area contributed by atoms with Crippen LogP contribution in [0, 0.1) is 6.92 Å². The van der Waals surface area contributed by atoms with Gasteiger partial charge in [-0.25, -0.2) is 0 Å². The monoisotopic (exact) mass is 328 g/mol. The minimum atomic E-state index is -0.542. The average molecular weight is 328 g/mol. The number of aromatic nitrogens is 2. The van der Waals surface area contributed by atoms with Crippen LogP contribution in [0.1, 0.15) is 25.2 Å². The van der Waals surface area contributed by atoms with Gasteiger partial charge >= 0.3 is 0 Å². The Hall–Kier alpha value is -2.70. The fourth-order valence-electron chi connectivity index (χ4n) is 2.71. The predicted molar refractivity (Wildman–Crippen MR) is 86.7 cm³/mol. The van der Waals surface area contributed by atoms with Crippen molar-refractivity contribution in [2.45, 2.75) is 39.4 Å². The zero-order valence-corrected chi connectivity index (χ0v) is 14.2. The van der Waals surface area contributed by atoms with Crippen LogP contribution in [0.2, 0.25) is 0 Å². The molecular weight excluding hydrogens is 308 g/mol. The standard InChI is InChI=1S/C17H20N4O3/c1-10-5-7-13(8-6-10)15-18-14(19-24-15)9-21-12(3)16(22)20(4)11(2)17(21)23/h5-8,11-12H,9H2,1-4H3/t11-,12-/m0/s1.